The minimum Gasteiger partial charge on any atom is -0.474 e. The summed E-state index contributed by atoms with van der Waals surface area (Å²) >= 11 is 7.67. The number of carbonyl (C=O) groups excluding carboxylic acids is 1. The van der Waals surface area contributed by atoms with Crippen molar-refractivity contribution in [3.05, 3.63) is 22.7 Å². The van der Waals surface area contributed by atoms with Gasteiger partial charge in [-0.1, -0.05) is 11.6 Å². The largest absolute Gasteiger partial charge is 0.474 e. The van der Waals surface area contributed by atoms with Crippen molar-refractivity contribution in [2.45, 2.75) is 11.8 Å². The molecule has 1 amide bonds. The number of carbonyl (C=O) groups is 2. The number of amides is 1. The molecule has 2 rings (SSSR count). The van der Waals surface area contributed by atoms with Crippen LogP contribution in [0.25, 0.3) is 0 Å². The molecule has 0 saturated carbocycles. The number of benzene rings is 1. The van der Waals surface area contributed by atoms with Crippen molar-refractivity contribution in [2.75, 3.05) is 17.2 Å². The van der Waals surface area contributed by atoms with Gasteiger partial charge in [0.1, 0.15) is 0 Å². The van der Waals surface area contributed by atoms with Gasteiger partial charge < -0.3 is 5.11 Å². The van der Waals surface area contributed by atoms with E-state index >= 15 is 0 Å². The normalized spacial score (nSPS) is 14.4. The number of aryl methyl sites for hydroxylation is 1. The molecule has 0 atom stereocenters. The Labute approximate surface area is 108 Å². The molecule has 6 heteroatoms. The van der Waals surface area contributed by atoms with E-state index < -0.39 is 11.9 Å². The van der Waals surface area contributed by atoms with Gasteiger partial charge in [0.25, 0.3) is 0 Å². The first-order valence-electron chi connectivity index (χ1n) is 4.98. The molecule has 1 heterocycles. The van der Waals surface area contributed by atoms with E-state index in [-0.39, 0.29) is 0 Å². The molecule has 0 fully saturated rings. The average Bonchev–Trinajstić information content (AvgIpc) is 2.26. The number of fused-ring (bicyclic) bond motifs is 1. The second-order valence-electron chi connectivity index (χ2n) is 3.70. The van der Waals surface area contributed by atoms with Crippen LogP contribution in [0.1, 0.15) is 5.56 Å². The third-order valence-corrected chi connectivity index (χ3v) is 3.74. The molecule has 1 N–H and O–H groups in total. The zero-order chi connectivity index (χ0) is 12.6. The fourth-order valence-corrected chi connectivity index (χ4v) is 3.30. The summed E-state index contributed by atoms with van der Waals surface area (Å²) in [6, 6.07) is 3.64. The van der Waals surface area contributed by atoms with Gasteiger partial charge >= 0.3 is 11.9 Å². The number of aliphatic carboxylic acids is 1. The lowest BCUT2D eigenvalue weighted by molar-refractivity contribution is -0.148. The maximum Gasteiger partial charge on any atom is 0.394 e. The molecular weight excluding hydrogens is 262 g/mol. The molecular formula is C11H10ClNO3S. The minimum atomic E-state index is -1.46. The topological polar surface area (TPSA) is 57.6 Å². The van der Waals surface area contributed by atoms with Crippen LogP contribution in [-0.2, 0) is 9.59 Å². The standard InChI is InChI=1S/C11H10ClNO3S/c1-6-4-7(12)9-8(5-6)17-3-2-13(9)10(14)11(15)16/h4-5H,2-3H2,1H3,(H,15,16). The first-order valence-corrected chi connectivity index (χ1v) is 6.35. The van der Waals surface area contributed by atoms with Crippen molar-refractivity contribution < 1.29 is 14.7 Å². The highest BCUT2D eigenvalue weighted by Crippen LogP contribution is 2.40. The maximum atomic E-state index is 11.6. The Morgan fingerprint density at radius 2 is 2.18 bits per heavy atom. The molecule has 1 aromatic carbocycles. The van der Waals surface area contributed by atoms with E-state index in [0.29, 0.717) is 23.0 Å². The van der Waals surface area contributed by atoms with Gasteiger partial charge in [-0.15, -0.1) is 11.8 Å². The molecule has 0 aromatic heterocycles. The van der Waals surface area contributed by atoms with Crippen molar-refractivity contribution in [2.24, 2.45) is 0 Å². The van der Waals surface area contributed by atoms with Crippen LogP contribution < -0.4 is 4.90 Å². The third-order valence-electron chi connectivity index (χ3n) is 2.44. The quantitative estimate of drug-likeness (QED) is 0.735. The van der Waals surface area contributed by atoms with E-state index in [1.165, 1.54) is 4.90 Å². The van der Waals surface area contributed by atoms with Crippen molar-refractivity contribution in [1.29, 1.82) is 0 Å². The van der Waals surface area contributed by atoms with Gasteiger partial charge in [0, 0.05) is 17.2 Å². The number of carboxylic acids is 1. The summed E-state index contributed by atoms with van der Waals surface area (Å²) in [6.45, 7) is 2.27. The van der Waals surface area contributed by atoms with Crippen LogP contribution >= 0.6 is 23.4 Å². The number of hydrogen-bond donors (Lipinski definition) is 1. The lowest BCUT2D eigenvalue weighted by Gasteiger charge is -2.28. The van der Waals surface area contributed by atoms with Gasteiger partial charge in [0.05, 0.1) is 10.7 Å². The van der Waals surface area contributed by atoms with Crippen molar-refractivity contribution in [3.8, 4) is 0 Å². The smallest absolute Gasteiger partial charge is 0.394 e. The Morgan fingerprint density at radius 1 is 1.47 bits per heavy atom. The first kappa shape index (κ1) is 12.3. The molecule has 1 aromatic rings. The number of hydrogen-bond acceptors (Lipinski definition) is 3. The van der Waals surface area contributed by atoms with Gasteiger partial charge in [-0.2, -0.15) is 0 Å². The van der Waals surface area contributed by atoms with E-state index in [1.807, 2.05) is 13.0 Å². The Morgan fingerprint density at radius 3 is 2.82 bits per heavy atom. The summed E-state index contributed by atoms with van der Waals surface area (Å²) in [5.41, 5.74) is 1.51. The van der Waals surface area contributed by atoms with Gasteiger partial charge in [0.15, 0.2) is 0 Å². The van der Waals surface area contributed by atoms with Gasteiger partial charge in [-0.3, -0.25) is 9.69 Å². The lowest BCUT2D eigenvalue weighted by Crippen LogP contribution is -2.40. The highest BCUT2D eigenvalue weighted by Gasteiger charge is 2.29. The predicted octanol–water partition coefficient (Wildman–Crippen LogP) is 2.17. The van der Waals surface area contributed by atoms with E-state index in [9.17, 15) is 9.59 Å². The number of halogens is 1. The molecule has 0 aliphatic carbocycles. The second-order valence-corrected chi connectivity index (χ2v) is 5.25. The zero-order valence-electron chi connectivity index (χ0n) is 9.07. The molecule has 0 radical (unpaired) electrons. The number of rotatable bonds is 0. The number of nitrogens with zero attached hydrogens (tertiary/aromatic N) is 1. The summed E-state index contributed by atoms with van der Waals surface area (Å²) < 4.78 is 0. The maximum absolute atomic E-state index is 11.6. The molecule has 4 nitrogen and oxygen atoms in total. The fraction of sp³-hybridized carbons (Fsp3) is 0.273. The molecule has 0 spiro atoms. The minimum absolute atomic E-state index is 0.367. The van der Waals surface area contributed by atoms with E-state index in [4.69, 9.17) is 16.7 Å². The average molecular weight is 272 g/mol. The Bertz CT molecular complexity index is 504. The summed E-state index contributed by atoms with van der Waals surface area (Å²) in [4.78, 5) is 24.4. The van der Waals surface area contributed by atoms with Crippen LogP contribution in [0, 0.1) is 6.92 Å². The predicted molar refractivity (Wildman–Crippen MR) is 66.9 cm³/mol. The molecule has 1 aliphatic heterocycles. The summed E-state index contributed by atoms with van der Waals surface area (Å²) in [5.74, 6) is -1.72. The van der Waals surface area contributed by atoms with Crippen molar-refractivity contribution >= 4 is 40.9 Å². The van der Waals surface area contributed by atoms with E-state index in [0.717, 1.165) is 10.5 Å². The molecule has 0 saturated heterocycles. The Balaban J connectivity index is 2.51. The van der Waals surface area contributed by atoms with Crippen LogP contribution in [0.4, 0.5) is 5.69 Å². The van der Waals surface area contributed by atoms with Gasteiger partial charge in [-0.05, 0) is 24.6 Å². The Hall–Kier alpha value is -1.20. The molecule has 17 heavy (non-hydrogen) atoms. The van der Waals surface area contributed by atoms with Crippen molar-refractivity contribution in [3.63, 3.8) is 0 Å². The zero-order valence-corrected chi connectivity index (χ0v) is 10.6. The molecule has 0 unspecified atom stereocenters. The van der Waals surface area contributed by atoms with E-state index in [2.05, 4.69) is 0 Å². The van der Waals surface area contributed by atoms with Crippen LogP contribution in [0.15, 0.2) is 17.0 Å². The van der Waals surface area contributed by atoms with Gasteiger partial charge in [0.2, 0.25) is 0 Å². The number of anilines is 1. The van der Waals surface area contributed by atoms with Crippen LogP contribution in [-0.4, -0.2) is 29.3 Å². The monoisotopic (exact) mass is 271 g/mol. The van der Waals surface area contributed by atoms with Crippen LogP contribution in [0.5, 0.6) is 0 Å². The van der Waals surface area contributed by atoms with E-state index in [1.54, 1.807) is 17.8 Å². The van der Waals surface area contributed by atoms with Crippen LogP contribution in [0.3, 0.4) is 0 Å². The SMILES string of the molecule is Cc1cc(Cl)c2c(c1)SCCN2C(=O)C(=O)O. The van der Waals surface area contributed by atoms with Gasteiger partial charge in [-0.25, -0.2) is 4.79 Å². The lowest BCUT2D eigenvalue weighted by atomic mass is 10.2. The highest BCUT2D eigenvalue weighted by atomic mass is 35.5. The van der Waals surface area contributed by atoms with Crippen LogP contribution in [0.2, 0.25) is 5.02 Å². The molecule has 90 valence electrons. The fourth-order valence-electron chi connectivity index (χ4n) is 1.75. The summed E-state index contributed by atoms with van der Waals surface area (Å²) in [7, 11) is 0. The molecule has 1 aliphatic rings. The highest BCUT2D eigenvalue weighted by molar-refractivity contribution is 7.99. The second kappa shape index (κ2) is 4.58. The number of carboxylic acid groups (broad SMARTS) is 1. The number of thioether (sulfide) groups is 1. The summed E-state index contributed by atoms with van der Waals surface area (Å²) in [6.07, 6.45) is 0. The molecule has 0 bridgehead atoms. The first-order chi connectivity index (χ1) is 8.00. The summed E-state index contributed by atoms with van der Waals surface area (Å²) in [5, 5.41) is 9.18. The van der Waals surface area contributed by atoms with Crippen molar-refractivity contribution in [1.82, 2.24) is 0 Å². The third kappa shape index (κ3) is 2.25. The Kier molecular flexibility index (Phi) is 3.31.